The Labute approximate surface area is 168 Å². The number of aryl methyl sites for hydroxylation is 2. The minimum absolute atomic E-state index is 0.158. The Hall–Kier alpha value is -2.86. The molecule has 0 saturated heterocycles. The fourth-order valence-electron chi connectivity index (χ4n) is 2.90. The quantitative estimate of drug-likeness (QED) is 0.371. The van der Waals surface area contributed by atoms with E-state index in [0.29, 0.717) is 5.75 Å². The highest BCUT2D eigenvalue weighted by Gasteiger charge is 2.09. The number of amides is 1. The van der Waals surface area contributed by atoms with Gasteiger partial charge in [0, 0.05) is 27.5 Å². The molecule has 6 heteroatoms. The highest BCUT2D eigenvalue weighted by Crippen LogP contribution is 2.20. The predicted octanol–water partition coefficient (Wildman–Crippen LogP) is 4.78. The van der Waals surface area contributed by atoms with Crippen molar-refractivity contribution >= 4 is 23.9 Å². The number of rotatable bonds is 6. The number of nitrogens with zero attached hydrogens (tertiary/aromatic N) is 2. The Bertz CT molecular complexity index is 992. The van der Waals surface area contributed by atoms with Crippen LogP contribution in [0.5, 0.6) is 0 Å². The SMILES string of the molecule is Cc1ccc(SCC(=O)N/N=C/c2cc(C)n(-c3ccc(F)cc3)c2C)cc1. The first-order valence-corrected chi connectivity index (χ1v) is 9.89. The summed E-state index contributed by atoms with van der Waals surface area (Å²) in [5.74, 6) is -0.122. The van der Waals surface area contributed by atoms with Crippen molar-refractivity contribution in [3.63, 3.8) is 0 Å². The van der Waals surface area contributed by atoms with Crippen LogP contribution in [0.4, 0.5) is 4.39 Å². The molecule has 0 bridgehead atoms. The van der Waals surface area contributed by atoms with Crippen LogP contribution in [0.3, 0.4) is 0 Å². The normalized spacial score (nSPS) is 11.1. The molecule has 1 aromatic heterocycles. The van der Waals surface area contributed by atoms with Gasteiger partial charge in [0.1, 0.15) is 5.82 Å². The van der Waals surface area contributed by atoms with Crippen molar-refractivity contribution in [1.29, 1.82) is 0 Å². The zero-order chi connectivity index (χ0) is 20.1. The Balaban J connectivity index is 1.61. The Morgan fingerprint density at radius 2 is 1.79 bits per heavy atom. The van der Waals surface area contributed by atoms with Crippen molar-refractivity contribution in [1.82, 2.24) is 9.99 Å². The average molecular weight is 396 g/mol. The maximum absolute atomic E-state index is 13.2. The van der Waals surface area contributed by atoms with Crippen LogP contribution in [0.15, 0.2) is 64.6 Å². The summed E-state index contributed by atoms with van der Waals surface area (Å²) >= 11 is 1.47. The van der Waals surface area contributed by atoms with Crippen LogP contribution >= 0.6 is 11.8 Å². The lowest BCUT2D eigenvalue weighted by atomic mass is 10.2. The summed E-state index contributed by atoms with van der Waals surface area (Å²) in [6.07, 6.45) is 1.64. The Morgan fingerprint density at radius 3 is 2.46 bits per heavy atom. The van der Waals surface area contributed by atoms with E-state index in [0.717, 1.165) is 27.5 Å². The fourth-order valence-corrected chi connectivity index (χ4v) is 3.59. The molecule has 0 saturated carbocycles. The van der Waals surface area contributed by atoms with Gasteiger partial charge < -0.3 is 4.57 Å². The third-order valence-corrected chi connectivity index (χ3v) is 5.35. The Morgan fingerprint density at radius 1 is 1.11 bits per heavy atom. The van der Waals surface area contributed by atoms with Crippen LogP contribution in [0, 0.1) is 26.6 Å². The highest BCUT2D eigenvalue weighted by molar-refractivity contribution is 8.00. The van der Waals surface area contributed by atoms with E-state index < -0.39 is 0 Å². The third-order valence-electron chi connectivity index (χ3n) is 4.34. The Kier molecular flexibility index (Phi) is 6.31. The van der Waals surface area contributed by atoms with Gasteiger partial charge in [0.15, 0.2) is 0 Å². The zero-order valence-corrected chi connectivity index (χ0v) is 16.9. The molecule has 144 valence electrons. The lowest BCUT2D eigenvalue weighted by Gasteiger charge is -2.09. The zero-order valence-electron chi connectivity index (χ0n) is 16.1. The molecule has 0 unspecified atom stereocenters. The van der Waals surface area contributed by atoms with Crippen molar-refractivity contribution in [2.45, 2.75) is 25.7 Å². The van der Waals surface area contributed by atoms with Crippen molar-refractivity contribution in [2.24, 2.45) is 5.10 Å². The molecule has 1 N–H and O–H groups in total. The second-order valence-corrected chi connectivity index (χ2v) is 7.58. The number of hydrogen-bond acceptors (Lipinski definition) is 3. The van der Waals surface area contributed by atoms with E-state index in [1.54, 1.807) is 18.3 Å². The van der Waals surface area contributed by atoms with Crippen molar-refractivity contribution in [3.8, 4) is 5.69 Å². The maximum atomic E-state index is 13.2. The fraction of sp³-hybridized carbons (Fsp3) is 0.182. The molecular formula is C22H22FN3OS. The molecule has 0 aliphatic rings. The molecule has 0 radical (unpaired) electrons. The molecule has 2 aromatic carbocycles. The number of halogens is 1. The van der Waals surface area contributed by atoms with Gasteiger partial charge in [-0.15, -0.1) is 11.8 Å². The average Bonchev–Trinajstić information content (AvgIpc) is 2.96. The molecule has 3 aromatic rings. The third kappa shape index (κ3) is 4.89. The molecule has 0 aliphatic carbocycles. The summed E-state index contributed by atoms with van der Waals surface area (Å²) < 4.78 is 15.2. The largest absolute Gasteiger partial charge is 0.318 e. The van der Waals surface area contributed by atoms with Gasteiger partial charge in [-0.25, -0.2) is 9.82 Å². The maximum Gasteiger partial charge on any atom is 0.250 e. The molecule has 3 rings (SSSR count). The predicted molar refractivity (Wildman–Crippen MR) is 113 cm³/mol. The van der Waals surface area contributed by atoms with Crippen LogP contribution in [-0.2, 0) is 4.79 Å². The summed E-state index contributed by atoms with van der Waals surface area (Å²) in [5, 5.41) is 4.08. The van der Waals surface area contributed by atoms with Gasteiger partial charge in [0.2, 0.25) is 5.91 Å². The van der Waals surface area contributed by atoms with Gasteiger partial charge in [0.05, 0.1) is 12.0 Å². The van der Waals surface area contributed by atoms with Crippen LogP contribution in [0.25, 0.3) is 5.69 Å². The van der Waals surface area contributed by atoms with E-state index in [4.69, 9.17) is 0 Å². The number of aromatic nitrogens is 1. The second kappa shape index (κ2) is 8.89. The van der Waals surface area contributed by atoms with Gasteiger partial charge in [-0.2, -0.15) is 5.10 Å². The molecule has 0 aliphatic heterocycles. The minimum atomic E-state index is -0.265. The number of carbonyl (C=O) groups excluding carboxylic acids is 1. The number of nitrogens with one attached hydrogen (secondary N) is 1. The molecule has 0 spiro atoms. The van der Waals surface area contributed by atoms with Gasteiger partial charge in [-0.3, -0.25) is 4.79 Å². The summed E-state index contributed by atoms with van der Waals surface area (Å²) in [4.78, 5) is 13.0. The topological polar surface area (TPSA) is 46.4 Å². The van der Waals surface area contributed by atoms with E-state index in [1.165, 1.54) is 29.5 Å². The van der Waals surface area contributed by atoms with E-state index in [1.807, 2.05) is 55.7 Å². The van der Waals surface area contributed by atoms with E-state index >= 15 is 0 Å². The number of carbonyl (C=O) groups is 1. The number of benzene rings is 2. The molecule has 28 heavy (non-hydrogen) atoms. The summed E-state index contributed by atoms with van der Waals surface area (Å²) in [5.41, 5.74) is 7.51. The van der Waals surface area contributed by atoms with Crippen LogP contribution in [0.1, 0.15) is 22.5 Å². The van der Waals surface area contributed by atoms with E-state index in [9.17, 15) is 9.18 Å². The van der Waals surface area contributed by atoms with Crippen LogP contribution in [0.2, 0.25) is 0 Å². The molecule has 1 heterocycles. The highest BCUT2D eigenvalue weighted by atomic mass is 32.2. The van der Waals surface area contributed by atoms with Gasteiger partial charge in [-0.05, 0) is 63.2 Å². The van der Waals surface area contributed by atoms with Gasteiger partial charge in [0.25, 0.3) is 0 Å². The lowest BCUT2D eigenvalue weighted by Crippen LogP contribution is -2.19. The van der Waals surface area contributed by atoms with E-state index in [2.05, 4.69) is 10.5 Å². The van der Waals surface area contributed by atoms with Crippen molar-refractivity contribution in [2.75, 3.05) is 5.75 Å². The molecule has 4 nitrogen and oxygen atoms in total. The summed E-state index contributed by atoms with van der Waals surface area (Å²) in [6, 6.07) is 16.4. The number of hydrazone groups is 1. The standard InChI is InChI=1S/C22H22FN3OS/c1-15-4-10-21(11-5-15)28-14-22(27)25-24-13-18-12-16(2)26(17(18)3)20-8-6-19(23)7-9-20/h4-13H,14H2,1-3H3,(H,25,27)/b24-13+. The summed E-state index contributed by atoms with van der Waals surface area (Å²) in [7, 11) is 0. The molecule has 0 atom stereocenters. The second-order valence-electron chi connectivity index (χ2n) is 6.53. The van der Waals surface area contributed by atoms with Crippen LogP contribution in [-0.4, -0.2) is 22.4 Å². The van der Waals surface area contributed by atoms with Crippen LogP contribution < -0.4 is 5.43 Å². The smallest absolute Gasteiger partial charge is 0.250 e. The first-order chi connectivity index (χ1) is 13.4. The first-order valence-electron chi connectivity index (χ1n) is 8.90. The molecular weight excluding hydrogens is 373 g/mol. The molecule has 0 fully saturated rings. The van der Waals surface area contributed by atoms with Gasteiger partial charge >= 0.3 is 0 Å². The van der Waals surface area contributed by atoms with E-state index in [-0.39, 0.29) is 11.7 Å². The summed E-state index contributed by atoms with van der Waals surface area (Å²) in [6.45, 7) is 5.97. The minimum Gasteiger partial charge on any atom is -0.318 e. The van der Waals surface area contributed by atoms with Crippen molar-refractivity contribution < 1.29 is 9.18 Å². The lowest BCUT2D eigenvalue weighted by molar-refractivity contribution is -0.118. The first kappa shape index (κ1) is 19.9. The molecule has 1 amide bonds. The number of thioether (sulfide) groups is 1. The van der Waals surface area contributed by atoms with Gasteiger partial charge in [-0.1, -0.05) is 17.7 Å². The monoisotopic (exact) mass is 395 g/mol. The number of hydrogen-bond donors (Lipinski definition) is 1. The van der Waals surface area contributed by atoms with Crippen molar-refractivity contribution in [3.05, 3.63) is 82.9 Å².